The highest BCUT2D eigenvalue weighted by atomic mass is 35.5. The van der Waals surface area contributed by atoms with Gasteiger partial charge in [0.25, 0.3) is 0 Å². The van der Waals surface area contributed by atoms with Gasteiger partial charge in [-0.25, -0.2) is 0 Å². The molecule has 0 spiro atoms. The van der Waals surface area contributed by atoms with E-state index in [1.165, 1.54) is 0 Å². The van der Waals surface area contributed by atoms with Crippen LogP contribution in [0, 0.1) is 0 Å². The Morgan fingerprint density at radius 1 is 1.04 bits per heavy atom. The minimum atomic E-state index is -1.06. The highest BCUT2D eigenvalue weighted by Gasteiger charge is 2.20. The second-order valence-electron chi connectivity index (χ2n) is 5.02. The molecule has 2 aromatic rings. The van der Waals surface area contributed by atoms with Crippen LogP contribution in [0.3, 0.4) is 0 Å². The summed E-state index contributed by atoms with van der Waals surface area (Å²) < 4.78 is 0. The lowest BCUT2D eigenvalue weighted by Crippen LogP contribution is -2.39. The smallest absolute Gasteiger partial charge is 0.321 e. The summed E-state index contributed by atoms with van der Waals surface area (Å²) >= 11 is 5.77. The Morgan fingerprint density at radius 3 is 2.30 bits per heavy atom. The summed E-state index contributed by atoms with van der Waals surface area (Å²) in [4.78, 5) is 23.3. The second kappa shape index (κ2) is 8.31. The molecule has 0 fully saturated rings. The zero-order valence-electron chi connectivity index (χ0n) is 12.3. The molecule has 0 aliphatic carbocycles. The van der Waals surface area contributed by atoms with Crippen LogP contribution in [0.2, 0.25) is 5.02 Å². The largest absolute Gasteiger partial charge is 0.480 e. The quantitative estimate of drug-likeness (QED) is 0.728. The molecule has 0 heterocycles. The van der Waals surface area contributed by atoms with Crippen molar-refractivity contribution in [1.29, 1.82) is 0 Å². The number of rotatable bonds is 7. The van der Waals surface area contributed by atoms with Crippen LogP contribution in [0.5, 0.6) is 0 Å². The number of halogens is 1. The molecule has 0 aliphatic heterocycles. The third-order valence-corrected chi connectivity index (χ3v) is 3.46. The number of nitrogens with one attached hydrogen (secondary N) is 2. The first-order valence-electron chi connectivity index (χ1n) is 7.10. The van der Waals surface area contributed by atoms with Gasteiger partial charge in [-0.1, -0.05) is 41.9 Å². The van der Waals surface area contributed by atoms with Crippen LogP contribution in [-0.2, 0) is 16.1 Å². The maximum atomic E-state index is 12.0. The SMILES string of the molecule is O=C(C[C@H](NCc1ccccc1)C(=O)O)Nc1ccc(Cl)cc1. The average Bonchev–Trinajstić information content (AvgIpc) is 2.54. The van der Waals surface area contributed by atoms with Gasteiger partial charge in [0.1, 0.15) is 6.04 Å². The van der Waals surface area contributed by atoms with E-state index in [9.17, 15) is 14.7 Å². The highest BCUT2D eigenvalue weighted by Crippen LogP contribution is 2.13. The molecule has 0 radical (unpaired) electrons. The fourth-order valence-electron chi connectivity index (χ4n) is 2.01. The van der Waals surface area contributed by atoms with Crippen LogP contribution < -0.4 is 10.6 Å². The molecule has 0 unspecified atom stereocenters. The van der Waals surface area contributed by atoms with E-state index >= 15 is 0 Å². The van der Waals surface area contributed by atoms with Crippen LogP contribution >= 0.6 is 11.6 Å². The first-order chi connectivity index (χ1) is 11.0. The number of hydrogen-bond acceptors (Lipinski definition) is 3. The summed E-state index contributed by atoms with van der Waals surface area (Å²) in [6.07, 6.45) is -0.162. The number of hydrogen-bond donors (Lipinski definition) is 3. The van der Waals surface area contributed by atoms with Gasteiger partial charge in [0.2, 0.25) is 5.91 Å². The third-order valence-electron chi connectivity index (χ3n) is 3.21. The zero-order valence-corrected chi connectivity index (χ0v) is 13.1. The number of carbonyl (C=O) groups excluding carboxylic acids is 1. The van der Waals surface area contributed by atoms with Gasteiger partial charge in [0.15, 0.2) is 0 Å². The molecule has 1 atom stereocenters. The van der Waals surface area contributed by atoms with E-state index in [1.54, 1.807) is 24.3 Å². The Balaban J connectivity index is 1.89. The molecule has 2 rings (SSSR count). The van der Waals surface area contributed by atoms with Crippen molar-refractivity contribution >= 4 is 29.2 Å². The van der Waals surface area contributed by atoms with E-state index < -0.39 is 12.0 Å². The van der Waals surface area contributed by atoms with Crippen molar-refractivity contribution in [2.75, 3.05) is 5.32 Å². The minimum absolute atomic E-state index is 0.162. The molecule has 23 heavy (non-hydrogen) atoms. The Hall–Kier alpha value is -2.37. The lowest BCUT2D eigenvalue weighted by atomic mass is 10.1. The van der Waals surface area contributed by atoms with Crippen LogP contribution in [0.25, 0.3) is 0 Å². The van der Waals surface area contributed by atoms with Gasteiger partial charge in [-0.15, -0.1) is 0 Å². The predicted octanol–water partition coefficient (Wildman–Crippen LogP) is 2.91. The van der Waals surface area contributed by atoms with E-state index in [2.05, 4.69) is 10.6 Å². The topological polar surface area (TPSA) is 78.4 Å². The Labute approximate surface area is 139 Å². The Morgan fingerprint density at radius 2 is 1.70 bits per heavy atom. The maximum Gasteiger partial charge on any atom is 0.321 e. The van der Waals surface area contributed by atoms with Crippen molar-refractivity contribution in [3.05, 3.63) is 65.2 Å². The van der Waals surface area contributed by atoms with Crippen molar-refractivity contribution < 1.29 is 14.7 Å². The van der Waals surface area contributed by atoms with E-state index in [-0.39, 0.29) is 12.3 Å². The number of anilines is 1. The fourth-order valence-corrected chi connectivity index (χ4v) is 2.14. The molecule has 0 saturated heterocycles. The first kappa shape index (κ1) is 17.0. The van der Waals surface area contributed by atoms with E-state index in [1.807, 2.05) is 30.3 Å². The van der Waals surface area contributed by atoms with E-state index in [0.29, 0.717) is 17.3 Å². The summed E-state index contributed by atoms with van der Waals surface area (Å²) in [5, 5.41) is 15.3. The number of carboxylic acid groups (broad SMARTS) is 1. The van der Waals surface area contributed by atoms with Crippen LogP contribution in [0.15, 0.2) is 54.6 Å². The molecule has 0 saturated carbocycles. The lowest BCUT2D eigenvalue weighted by Gasteiger charge is -2.14. The van der Waals surface area contributed by atoms with Crippen molar-refractivity contribution in [2.45, 2.75) is 19.0 Å². The van der Waals surface area contributed by atoms with Crippen LogP contribution in [0.1, 0.15) is 12.0 Å². The number of aliphatic carboxylic acids is 1. The second-order valence-corrected chi connectivity index (χ2v) is 5.45. The van der Waals surface area contributed by atoms with Crippen molar-refractivity contribution in [3.8, 4) is 0 Å². The molecular weight excluding hydrogens is 316 g/mol. The molecule has 1 amide bonds. The van der Waals surface area contributed by atoms with Gasteiger partial charge in [-0.3, -0.25) is 14.9 Å². The van der Waals surface area contributed by atoms with Gasteiger partial charge >= 0.3 is 5.97 Å². The third kappa shape index (κ3) is 5.73. The molecule has 6 heteroatoms. The van der Waals surface area contributed by atoms with Crippen LogP contribution in [0.4, 0.5) is 5.69 Å². The molecular formula is C17H17ClN2O3. The van der Waals surface area contributed by atoms with Crippen molar-refractivity contribution in [2.24, 2.45) is 0 Å². The number of carboxylic acids is 1. The van der Waals surface area contributed by atoms with Gasteiger partial charge in [0.05, 0.1) is 6.42 Å². The Kier molecular flexibility index (Phi) is 6.14. The summed E-state index contributed by atoms with van der Waals surface area (Å²) in [5.74, 6) is -1.44. The summed E-state index contributed by atoms with van der Waals surface area (Å²) in [6, 6.07) is 15.1. The number of carbonyl (C=O) groups is 2. The zero-order chi connectivity index (χ0) is 16.7. The van der Waals surface area contributed by atoms with Gasteiger partial charge in [-0.05, 0) is 29.8 Å². The standard InChI is InChI=1S/C17H17ClN2O3/c18-13-6-8-14(9-7-13)20-16(21)10-15(17(22)23)19-11-12-4-2-1-3-5-12/h1-9,15,19H,10-11H2,(H,20,21)(H,22,23)/t15-/m0/s1. The molecule has 0 aliphatic rings. The molecule has 0 aromatic heterocycles. The maximum absolute atomic E-state index is 12.0. The Bertz CT molecular complexity index is 659. The van der Waals surface area contributed by atoms with Gasteiger partial charge in [0, 0.05) is 17.3 Å². The van der Waals surface area contributed by atoms with E-state index in [0.717, 1.165) is 5.56 Å². The monoisotopic (exact) mass is 332 g/mol. The number of benzene rings is 2. The fraction of sp³-hybridized carbons (Fsp3) is 0.176. The summed E-state index contributed by atoms with van der Waals surface area (Å²) in [5.41, 5.74) is 1.53. The average molecular weight is 333 g/mol. The molecule has 3 N–H and O–H groups in total. The predicted molar refractivity (Wildman–Crippen MR) is 89.4 cm³/mol. The van der Waals surface area contributed by atoms with Crippen LogP contribution in [-0.4, -0.2) is 23.0 Å². The minimum Gasteiger partial charge on any atom is -0.480 e. The van der Waals surface area contributed by atoms with Gasteiger partial charge < -0.3 is 10.4 Å². The lowest BCUT2D eigenvalue weighted by molar-refractivity contribution is -0.141. The summed E-state index contributed by atoms with van der Waals surface area (Å²) in [7, 11) is 0. The molecule has 2 aromatic carbocycles. The van der Waals surface area contributed by atoms with Gasteiger partial charge in [-0.2, -0.15) is 0 Å². The van der Waals surface area contributed by atoms with Crippen molar-refractivity contribution in [3.63, 3.8) is 0 Å². The van der Waals surface area contributed by atoms with E-state index in [4.69, 9.17) is 11.6 Å². The number of amides is 1. The first-order valence-corrected chi connectivity index (χ1v) is 7.48. The molecule has 120 valence electrons. The van der Waals surface area contributed by atoms with Crippen molar-refractivity contribution in [1.82, 2.24) is 5.32 Å². The highest BCUT2D eigenvalue weighted by molar-refractivity contribution is 6.30. The summed E-state index contributed by atoms with van der Waals surface area (Å²) in [6.45, 7) is 0.381. The molecule has 5 nitrogen and oxygen atoms in total. The normalized spacial score (nSPS) is 11.7. The molecule has 0 bridgehead atoms.